The smallest absolute Gasteiger partial charge is 0.254 e. The van der Waals surface area contributed by atoms with Crippen LogP contribution in [0.3, 0.4) is 0 Å². The first-order chi connectivity index (χ1) is 14.9. The zero-order chi connectivity index (χ0) is 21.6. The van der Waals surface area contributed by atoms with Crippen LogP contribution in [0.25, 0.3) is 22.6 Å². The molecule has 2 aliphatic heterocycles. The Morgan fingerprint density at radius 3 is 2.55 bits per heavy atom. The van der Waals surface area contributed by atoms with Gasteiger partial charge in [0.15, 0.2) is 5.82 Å². The second-order valence-electron chi connectivity index (χ2n) is 8.85. The quantitative estimate of drug-likeness (QED) is 0.696. The number of carbonyl (C=O) groups excluding carboxylic acids is 1. The van der Waals surface area contributed by atoms with Gasteiger partial charge in [0, 0.05) is 42.0 Å². The largest absolute Gasteiger partial charge is 0.375 e. The summed E-state index contributed by atoms with van der Waals surface area (Å²) in [5, 5.41) is 11.9. The summed E-state index contributed by atoms with van der Waals surface area (Å²) in [7, 11) is 0. The number of nitrogens with one attached hydrogen (secondary N) is 1. The first-order valence-electron chi connectivity index (χ1n) is 11.0. The van der Waals surface area contributed by atoms with Crippen LogP contribution in [-0.4, -0.2) is 61.1 Å². The lowest BCUT2D eigenvalue weighted by Gasteiger charge is -2.47. The van der Waals surface area contributed by atoms with E-state index in [0.29, 0.717) is 11.4 Å². The van der Waals surface area contributed by atoms with Gasteiger partial charge in [-0.05, 0) is 58.2 Å². The third kappa shape index (κ3) is 3.65. The number of hydrogen-bond acceptors (Lipinski definition) is 5. The summed E-state index contributed by atoms with van der Waals surface area (Å²) < 4.78 is 7.72. The van der Waals surface area contributed by atoms with Gasteiger partial charge in [-0.2, -0.15) is 10.2 Å². The van der Waals surface area contributed by atoms with Crippen LogP contribution in [0.1, 0.15) is 55.3 Å². The number of H-pyrrole nitrogens is 1. The minimum absolute atomic E-state index is 0.0169. The van der Waals surface area contributed by atoms with Gasteiger partial charge in [0.1, 0.15) is 5.82 Å². The van der Waals surface area contributed by atoms with E-state index in [2.05, 4.69) is 29.0 Å². The third-order valence-corrected chi connectivity index (χ3v) is 6.45. The van der Waals surface area contributed by atoms with Gasteiger partial charge in [-0.25, -0.2) is 4.98 Å². The molecule has 0 unspecified atom stereocenters. The first kappa shape index (κ1) is 19.9. The van der Waals surface area contributed by atoms with Crippen molar-refractivity contribution in [3.05, 3.63) is 41.9 Å². The van der Waals surface area contributed by atoms with Crippen molar-refractivity contribution in [3.8, 4) is 22.6 Å². The van der Waals surface area contributed by atoms with Crippen molar-refractivity contribution in [1.29, 1.82) is 0 Å². The summed E-state index contributed by atoms with van der Waals surface area (Å²) >= 11 is 0. The summed E-state index contributed by atoms with van der Waals surface area (Å²) in [6.45, 7) is 8.33. The fourth-order valence-electron chi connectivity index (χ4n) is 4.40. The molecule has 2 aliphatic rings. The lowest BCUT2D eigenvalue weighted by atomic mass is 9.84. The lowest BCUT2D eigenvalue weighted by Crippen LogP contribution is -2.53. The molecule has 0 aliphatic carbocycles. The number of likely N-dealkylation sites (tertiary alicyclic amines) is 1. The van der Waals surface area contributed by atoms with E-state index in [-0.39, 0.29) is 17.6 Å². The Bertz CT molecular complexity index is 1100. The molecule has 8 nitrogen and oxygen atoms in total. The molecular weight excluding hydrogens is 392 g/mol. The molecule has 1 amide bonds. The number of aromatic nitrogens is 5. The Morgan fingerprint density at radius 1 is 1.19 bits per heavy atom. The molecule has 4 heterocycles. The molecule has 2 saturated heterocycles. The first-order valence-corrected chi connectivity index (χ1v) is 11.0. The Balaban J connectivity index is 1.50. The highest BCUT2D eigenvalue weighted by atomic mass is 16.5. The third-order valence-electron chi connectivity index (χ3n) is 6.45. The number of hydrogen-bond donors (Lipinski definition) is 1. The molecule has 2 aromatic heterocycles. The van der Waals surface area contributed by atoms with E-state index in [1.165, 1.54) is 0 Å². The second kappa shape index (κ2) is 7.60. The predicted octanol–water partition coefficient (Wildman–Crippen LogP) is 3.62. The maximum absolute atomic E-state index is 13.5. The highest BCUT2D eigenvalue weighted by Gasteiger charge is 2.42. The van der Waals surface area contributed by atoms with E-state index in [0.717, 1.165) is 61.6 Å². The Morgan fingerprint density at radius 2 is 1.97 bits per heavy atom. The van der Waals surface area contributed by atoms with E-state index in [4.69, 9.17) is 9.84 Å². The van der Waals surface area contributed by atoms with Crippen molar-refractivity contribution in [1.82, 2.24) is 29.9 Å². The fraction of sp³-hybridized carbons (Fsp3) is 0.478. The number of aromatic amines is 1. The number of nitrogens with zero attached hydrogens (tertiary/aromatic N) is 5. The van der Waals surface area contributed by atoms with E-state index in [9.17, 15) is 4.79 Å². The number of piperidine rings is 1. The number of carbonyl (C=O) groups is 1. The van der Waals surface area contributed by atoms with Gasteiger partial charge in [-0.15, -0.1) is 0 Å². The van der Waals surface area contributed by atoms with Crippen molar-refractivity contribution in [2.24, 2.45) is 0 Å². The van der Waals surface area contributed by atoms with Gasteiger partial charge in [0.25, 0.3) is 5.91 Å². The Labute approximate surface area is 181 Å². The summed E-state index contributed by atoms with van der Waals surface area (Å²) in [5.41, 5.74) is 3.13. The highest BCUT2D eigenvalue weighted by Crippen LogP contribution is 2.37. The van der Waals surface area contributed by atoms with Gasteiger partial charge < -0.3 is 9.64 Å². The normalized spacial score (nSPS) is 17.9. The second-order valence-corrected chi connectivity index (χ2v) is 8.85. The van der Waals surface area contributed by atoms with Gasteiger partial charge in [-0.1, -0.05) is 6.07 Å². The topological polar surface area (TPSA) is 88.9 Å². The average molecular weight is 421 g/mol. The van der Waals surface area contributed by atoms with Crippen LogP contribution in [0, 0.1) is 6.92 Å². The summed E-state index contributed by atoms with van der Waals surface area (Å²) in [6.07, 6.45) is 4.88. The molecule has 2 fully saturated rings. The van der Waals surface area contributed by atoms with E-state index in [1.54, 1.807) is 0 Å². The standard InChI is InChI=1S/C23H28N6O2/c1-15(2)29-10-6-20(27-29)19-14-17(21-24-16(3)25-26-21)4-5-18(19)22(30)28-11-7-23(8-12-28)9-13-31-23/h4-6,10,14-15H,7-9,11-13H2,1-3H3,(H,24,25,26). The van der Waals surface area contributed by atoms with E-state index < -0.39 is 0 Å². The molecule has 0 atom stereocenters. The summed E-state index contributed by atoms with van der Waals surface area (Å²) in [6, 6.07) is 7.99. The van der Waals surface area contributed by atoms with Crippen LogP contribution >= 0.6 is 0 Å². The summed E-state index contributed by atoms with van der Waals surface area (Å²) in [5.74, 6) is 1.41. The van der Waals surface area contributed by atoms with Crippen molar-refractivity contribution >= 4 is 5.91 Å². The minimum Gasteiger partial charge on any atom is -0.375 e. The van der Waals surface area contributed by atoms with Crippen molar-refractivity contribution in [2.75, 3.05) is 19.7 Å². The number of aryl methyl sites for hydroxylation is 1. The van der Waals surface area contributed by atoms with Crippen LogP contribution < -0.4 is 0 Å². The number of benzene rings is 1. The van der Waals surface area contributed by atoms with Crippen LogP contribution in [0.4, 0.5) is 0 Å². The zero-order valence-corrected chi connectivity index (χ0v) is 18.3. The molecule has 1 aromatic carbocycles. The van der Waals surface area contributed by atoms with Crippen LogP contribution in [0.5, 0.6) is 0 Å². The molecule has 0 bridgehead atoms. The number of rotatable bonds is 4. The van der Waals surface area contributed by atoms with Crippen LogP contribution in [-0.2, 0) is 4.74 Å². The fourth-order valence-corrected chi connectivity index (χ4v) is 4.40. The zero-order valence-electron chi connectivity index (χ0n) is 18.3. The molecular formula is C23H28N6O2. The monoisotopic (exact) mass is 420 g/mol. The molecule has 0 radical (unpaired) electrons. The molecule has 162 valence electrons. The maximum Gasteiger partial charge on any atom is 0.254 e. The molecule has 1 spiro atoms. The number of amides is 1. The SMILES string of the molecule is Cc1nc(-c2ccc(C(=O)N3CCC4(CCO4)CC3)c(-c3ccn(C(C)C)n3)c2)n[nH]1. The van der Waals surface area contributed by atoms with Crippen molar-refractivity contribution < 1.29 is 9.53 Å². The molecule has 3 aromatic rings. The van der Waals surface area contributed by atoms with Crippen LogP contribution in [0.2, 0.25) is 0 Å². The van der Waals surface area contributed by atoms with Gasteiger partial charge in [0.05, 0.1) is 17.9 Å². The highest BCUT2D eigenvalue weighted by molar-refractivity contribution is 6.01. The molecule has 5 rings (SSSR count). The number of ether oxygens (including phenoxy) is 1. The molecule has 8 heteroatoms. The van der Waals surface area contributed by atoms with Gasteiger partial charge in [-0.3, -0.25) is 14.6 Å². The molecule has 0 saturated carbocycles. The van der Waals surface area contributed by atoms with Gasteiger partial charge >= 0.3 is 0 Å². The van der Waals surface area contributed by atoms with E-state index in [1.807, 2.05) is 47.0 Å². The van der Waals surface area contributed by atoms with E-state index >= 15 is 0 Å². The molecule has 1 N–H and O–H groups in total. The van der Waals surface area contributed by atoms with Crippen molar-refractivity contribution in [3.63, 3.8) is 0 Å². The summed E-state index contributed by atoms with van der Waals surface area (Å²) in [4.78, 5) is 19.9. The lowest BCUT2D eigenvalue weighted by molar-refractivity contribution is -0.169. The van der Waals surface area contributed by atoms with Crippen LogP contribution in [0.15, 0.2) is 30.5 Å². The van der Waals surface area contributed by atoms with Crippen molar-refractivity contribution in [2.45, 2.75) is 51.7 Å². The molecule has 31 heavy (non-hydrogen) atoms. The Kier molecular flexibility index (Phi) is 4.89. The predicted molar refractivity (Wildman–Crippen MR) is 117 cm³/mol. The average Bonchev–Trinajstić information content (AvgIpc) is 3.41. The van der Waals surface area contributed by atoms with Gasteiger partial charge in [0.2, 0.25) is 0 Å². The minimum atomic E-state index is 0.0169. The Hall–Kier alpha value is -3.00. The maximum atomic E-state index is 13.5.